The van der Waals surface area contributed by atoms with Crippen molar-refractivity contribution >= 4 is 5.91 Å². The van der Waals surface area contributed by atoms with Crippen LogP contribution < -0.4 is 0 Å². The van der Waals surface area contributed by atoms with E-state index in [9.17, 15) is 4.79 Å². The van der Waals surface area contributed by atoms with Gasteiger partial charge in [-0.25, -0.2) is 0 Å². The van der Waals surface area contributed by atoms with Gasteiger partial charge in [-0.1, -0.05) is 60.7 Å². The Balaban J connectivity index is 1.66. The summed E-state index contributed by atoms with van der Waals surface area (Å²) in [5.74, 6) is 0.0923. The molecule has 3 nitrogen and oxygen atoms in total. The lowest BCUT2D eigenvalue weighted by molar-refractivity contribution is 0.0725. The molecule has 3 aromatic rings. The molecule has 3 heteroatoms. The first-order valence-electron chi connectivity index (χ1n) is 8.61. The number of hydrogen-bond donors (Lipinski definition) is 0. The van der Waals surface area contributed by atoms with Crippen LogP contribution in [0.2, 0.25) is 0 Å². The van der Waals surface area contributed by atoms with Crippen LogP contribution in [0.3, 0.4) is 0 Å². The van der Waals surface area contributed by atoms with E-state index < -0.39 is 0 Å². The highest BCUT2D eigenvalue weighted by atomic mass is 16.2. The van der Waals surface area contributed by atoms with Crippen LogP contribution in [0.25, 0.3) is 11.3 Å². The largest absolute Gasteiger partial charge is 0.334 e. The zero-order chi connectivity index (χ0) is 17.2. The number of fused-ring (bicyclic) bond motifs is 1. The molecule has 0 unspecified atom stereocenters. The van der Waals surface area contributed by atoms with Crippen LogP contribution in [0.5, 0.6) is 0 Å². The number of aromatic nitrogens is 1. The Morgan fingerprint density at radius 2 is 1.68 bits per heavy atom. The van der Waals surface area contributed by atoms with Gasteiger partial charge >= 0.3 is 0 Å². The normalized spacial score (nSPS) is 13.6. The molecule has 25 heavy (non-hydrogen) atoms. The van der Waals surface area contributed by atoms with Crippen LogP contribution in [-0.4, -0.2) is 22.3 Å². The Hall–Kier alpha value is -2.94. The van der Waals surface area contributed by atoms with E-state index in [4.69, 9.17) is 4.98 Å². The van der Waals surface area contributed by atoms with E-state index in [-0.39, 0.29) is 5.91 Å². The number of nitrogens with zero attached hydrogens (tertiary/aromatic N) is 2. The minimum Gasteiger partial charge on any atom is -0.334 e. The minimum absolute atomic E-state index is 0.0923. The fourth-order valence-corrected chi connectivity index (χ4v) is 3.45. The summed E-state index contributed by atoms with van der Waals surface area (Å²) < 4.78 is 0. The van der Waals surface area contributed by atoms with Gasteiger partial charge in [0.1, 0.15) is 0 Å². The Morgan fingerprint density at radius 1 is 1.00 bits per heavy atom. The van der Waals surface area contributed by atoms with Gasteiger partial charge in [0.05, 0.1) is 17.0 Å². The van der Waals surface area contributed by atoms with Gasteiger partial charge in [0, 0.05) is 18.7 Å². The molecule has 0 spiro atoms. The number of hydrogen-bond acceptors (Lipinski definition) is 2. The lowest BCUT2D eigenvalue weighted by Gasteiger charge is -2.29. The molecule has 0 aliphatic carbocycles. The van der Waals surface area contributed by atoms with E-state index in [1.807, 2.05) is 48.2 Å². The number of carbonyl (C=O) groups is 1. The average Bonchev–Trinajstić information content (AvgIpc) is 2.65. The van der Waals surface area contributed by atoms with Crippen molar-refractivity contribution in [1.29, 1.82) is 0 Å². The third kappa shape index (κ3) is 3.05. The van der Waals surface area contributed by atoms with Gasteiger partial charge in [0.2, 0.25) is 0 Å². The van der Waals surface area contributed by atoms with E-state index in [1.54, 1.807) is 0 Å². The highest BCUT2D eigenvalue weighted by Crippen LogP contribution is 2.27. The number of aryl methyl sites for hydroxylation is 1. The molecule has 1 aliphatic heterocycles. The summed E-state index contributed by atoms with van der Waals surface area (Å²) in [7, 11) is 0. The zero-order valence-electron chi connectivity index (χ0n) is 14.3. The van der Waals surface area contributed by atoms with Gasteiger partial charge in [-0.3, -0.25) is 9.78 Å². The molecule has 0 atom stereocenters. The number of pyridine rings is 1. The Morgan fingerprint density at radius 3 is 2.40 bits per heavy atom. The van der Waals surface area contributed by atoms with Crippen molar-refractivity contribution in [3.05, 3.63) is 89.1 Å². The maximum Gasteiger partial charge on any atom is 0.256 e. The quantitative estimate of drug-likeness (QED) is 0.720. The SMILES string of the molecule is Cc1nc(-c2ccccc2)cc2c1C(=O)N(Cc1ccccc1)CC2. The topological polar surface area (TPSA) is 33.2 Å². The monoisotopic (exact) mass is 328 g/mol. The van der Waals surface area contributed by atoms with Crippen molar-refractivity contribution in [2.45, 2.75) is 19.9 Å². The smallest absolute Gasteiger partial charge is 0.256 e. The van der Waals surface area contributed by atoms with Gasteiger partial charge in [-0.2, -0.15) is 0 Å². The number of amides is 1. The fourth-order valence-electron chi connectivity index (χ4n) is 3.45. The summed E-state index contributed by atoms with van der Waals surface area (Å²) in [4.78, 5) is 19.6. The number of benzene rings is 2. The summed E-state index contributed by atoms with van der Waals surface area (Å²) in [6.07, 6.45) is 0.872. The van der Waals surface area contributed by atoms with Crippen LogP contribution in [0.15, 0.2) is 66.7 Å². The molecule has 0 saturated carbocycles. The Kier molecular flexibility index (Phi) is 4.06. The molecule has 0 N–H and O–H groups in total. The van der Waals surface area contributed by atoms with E-state index in [2.05, 4.69) is 30.3 Å². The second-order valence-electron chi connectivity index (χ2n) is 6.46. The van der Waals surface area contributed by atoms with Gasteiger partial charge in [0.25, 0.3) is 5.91 Å². The molecule has 0 radical (unpaired) electrons. The van der Waals surface area contributed by atoms with Crippen molar-refractivity contribution in [3.8, 4) is 11.3 Å². The van der Waals surface area contributed by atoms with E-state index in [1.165, 1.54) is 0 Å². The Labute approximate surface area is 148 Å². The summed E-state index contributed by atoms with van der Waals surface area (Å²) in [6, 6.07) is 22.4. The number of carbonyl (C=O) groups excluding carboxylic acids is 1. The fraction of sp³-hybridized carbons (Fsp3) is 0.182. The van der Waals surface area contributed by atoms with Crippen LogP contribution >= 0.6 is 0 Å². The zero-order valence-corrected chi connectivity index (χ0v) is 14.3. The third-order valence-electron chi connectivity index (χ3n) is 4.72. The summed E-state index contributed by atoms with van der Waals surface area (Å²) >= 11 is 0. The molecule has 1 aromatic heterocycles. The molecule has 2 heterocycles. The van der Waals surface area contributed by atoms with E-state index >= 15 is 0 Å². The van der Waals surface area contributed by atoms with Crippen LogP contribution in [0, 0.1) is 6.92 Å². The summed E-state index contributed by atoms with van der Waals surface area (Å²) in [5, 5.41) is 0. The molecule has 124 valence electrons. The van der Waals surface area contributed by atoms with Crippen LogP contribution in [0.4, 0.5) is 0 Å². The molecule has 2 aromatic carbocycles. The second kappa shape index (κ2) is 6.52. The lowest BCUT2D eigenvalue weighted by Crippen LogP contribution is -2.37. The first kappa shape index (κ1) is 15.6. The van der Waals surface area contributed by atoms with Crippen molar-refractivity contribution in [1.82, 2.24) is 9.88 Å². The molecule has 0 saturated heterocycles. The Bertz CT molecular complexity index is 904. The standard InChI is InChI=1S/C22H20N2O/c1-16-21-19(14-20(23-16)18-10-6-3-7-11-18)12-13-24(22(21)25)15-17-8-4-2-5-9-17/h2-11,14H,12-13,15H2,1H3. The van der Waals surface area contributed by atoms with Gasteiger partial charge in [-0.15, -0.1) is 0 Å². The van der Waals surface area contributed by atoms with Crippen molar-refractivity contribution in [2.24, 2.45) is 0 Å². The summed E-state index contributed by atoms with van der Waals surface area (Å²) in [6.45, 7) is 3.34. The van der Waals surface area contributed by atoms with E-state index in [0.29, 0.717) is 6.54 Å². The predicted octanol–water partition coefficient (Wildman–Crippen LogP) is 4.26. The lowest BCUT2D eigenvalue weighted by atomic mass is 9.95. The first-order chi connectivity index (χ1) is 12.2. The van der Waals surface area contributed by atoms with Gasteiger partial charge < -0.3 is 4.90 Å². The molecular formula is C22H20N2O. The molecule has 1 aliphatic rings. The molecule has 0 bridgehead atoms. The van der Waals surface area contributed by atoms with Crippen molar-refractivity contribution < 1.29 is 4.79 Å². The first-order valence-corrected chi connectivity index (χ1v) is 8.61. The predicted molar refractivity (Wildman–Crippen MR) is 99.3 cm³/mol. The third-order valence-corrected chi connectivity index (χ3v) is 4.72. The second-order valence-corrected chi connectivity index (χ2v) is 6.46. The van der Waals surface area contributed by atoms with E-state index in [0.717, 1.165) is 46.6 Å². The highest BCUT2D eigenvalue weighted by Gasteiger charge is 2.27. The van der Waals surface area contributed by atoms with Crippen LogP contribution in [0.1, 0.15) is 27.2 Å². The minimum atomic E-state index is 0.0923. The van der Waals surface area contributed by atoms with Crippen molar-refractivity contribution in [2.75, 3.05) is 6.54 Å². The number of rotatable bonds is 3. The molecular weight excluding hydrogens is 308 g/mol. The molecule has 4 rings (SSSR count). The maximum atomic E-state index is 13.0. The van der Waals surface area contributed by atoms with Gasteiger partial charge in [0.15, 0.2) is 0 Å². The van der Waals surface area contributed by atoms with Gasteiger partial charge in [-0.05, 0) is 30.5 Å². The van der Waals surface area contributed by atoms with Crippen LogP contribution in [-0.2, 0) is 13.0 Å². The summed E-state index contributed by atoms with van der Waals surface area (Å²) in [5.41, 5.74) is 5.90. The maximum absolute atomic E-state index is 13.0. The van der Waals surface area contributed by atoms with Crippen molar-refractivity contribution in [3.63, 3.8) is 0 Å². The molecule has 0 fully saturated rings. The highest BCUT2D eigenvalue weighted by molar-refractivity contribution is 5.98. The molecule has 1 amide bonds. The average molecular weight is 328 g/mol.